The molecule has 1 aromatic carbocycles. The Morgan fingerprint density at radius 2 is 1.70 bits per heavy atom. The Bertz CT molecular complexity index is 607. The molecular weight excluding hydrogens is 312 g/mol. The van der Waals surface area contributed by atoms with Gasteiger partial charge in [-0.1, -0.05) is 13.8 Å². The monoisotopic (exact) mass is 340 g/mol. The number of hydrogen-bond donors (Lipinski definition) is 1. The van der Waals surface area contributed by atoms with Crippen molar-refractivity contribution in [1.29, 1.82) is 0 Å². The van der Waals surface area contributed by atoms with E-state index in [4.69, 9.17) is 0 Å². The van der Waals surface area contributed by atoms with Gasteiger partial charge in [-0.25, -0.2) is 8.42 Å². The number of rotatable bonds is 8. The Kier molecular flexibility index (Phi) is 7.22. The van der Waals surface area contributed by atoms with Crippen LogP contribution in [0.4, 0.5) is 0 Å². The second kappa shape index (κ2) is 8.45. The lowest BCUT2D eigenvalue weighted by atomic mass is 10.1. The van der Waals surface area contributed by atoms with Gasteiger partial charge in [-0.05, 0) is 56.9 Å². The zero-order valence-corrected chi connectivity index (χ0v) is 15.5. The van der Waals surface area contributed by atoms with E-state index in [2.05, 4.69) is 19.2 Å². The summed E-state index contributed by atoms with van der Waals surface area (Å²) < 4.78 is 26.0. The van der Waals surface area contributed by atoms with Gasteiger partial charge in [0, 0.05) is 25.2 Å². The summed E-state index contributed by atoms with van der Waals surface area (Å²) in [6.45, 7) is 8.56. The fraction of sp³-hybridized carbons (Fsp3) is 0.588. The van der Waals surface area contributed by atoms with Crippen molar-refractivity contribution in [2.24, 2.45) is 5.92 Å². The first-order valence-corrected chi connectivity index (χ1v) is 9.46. The molecule has 0 radical (unpaired) electrons. The third kappa shape index (κ3) is 5.62. The highest BCUT2D eigenvalue weighted by atomic mass is 32.2. The number of nitrogens with zero attached hydrogens (tertiary/aromatic N) is 1. The maximum Gasteiger partial charge on any atom is 0.251 e. The minimum absolute atomic E-state index is 0.121. The minimum Gasteiger partial charge on any atom is -0.352 e. The van der Waals surface area contributed by atoms with E-state index in [0.717, 1.165) is 12.8 Å². The second-order valence-corrected chi connectivity index (χ2v) is 8.43. The maximum atomic E-state index is 12.4. The van der Waals surface area contributed by atoms with Gasteiger partial charge in [0.1, 0.15) is 0 Å². The van der Waals surface area contributed by atoms with Gasteiger partial charge in [-0.15, -0.1) is 0 Å². The van der Waals surface area contributed by atoms with Crippen LogP contribution in [0.5, 0.6) is 0 Å². The van der Waals surface area contributed by atoms with Crippen molar-refractivity contribution in [3.05, 3.63) is 29.8 Å². The van der Waals surface area contributed by atoms with Crippen LogP contribution in [0, 0.1) is 5.92 Å². The number of carbonyl (C=O) groups is 1. The maximum absolute atomic E-state index is 12.4. The van der Waals surface area contributed by atoms with Crippen molar-refractivity contribution in [2.45, 2.75) is 51.5 Å². The molecule has 0 saturated heterocycles. The van der Waals surface area contributed by atoms with Gasteiger partial charge in [0.25, 0.3) is 5.91 Å². The third-order valence-electron chi connectivity index (χ3n) is 3.76. The molecular formula is C17H28N2O3S. The number of nitrogens with one attached hydrogen (secondary N) is 1. The Hall–Kier alpha value is -1.40. The zero-order valence-electron chi connectivity index (χ0n) is 14.7. The highest BCUT2D eigenvalue weighted by molar-refractivity contribution is 7.89. The lowest BCUT2D eigenvalue weighted by Gasteiger charge is -2.21. The molecule has 0 aliphatic heterocycles. The van der Waals surface area contributed by atoms with Crippen LogP contribution >= 0.6 is 0 Å². The summed E-state index contributed by atoms with van der Waals surface area (Å²) in [6, 6.07) is 5.95. The molecule has 1 rings (SSSR count). The average molecular weight is 340 g/mol. The molecule has 0 heterocycles. The molecule has 0 aliphatic carbocycles. The summed E-state index contributed by atoms with van der Waals surface area (Å²) in [7, 11) is -1.96. The normalized spacial score (nSPS) is 12.2. The van der Waals surface area contributed by atoms with Gasteiger partial charge in [0.15, 0.2) is 0 Å². The summed E-state index contributed by atoms with van der Waals surface area (Å²) >= 11 is 0. The number of amides is 1. The lowest BCUT2D eigenvalue weighted by Crippen LogP contribution is -2.33. The molecule has 0 unspecified atom stereocenters. The molecule has 1 aromatic rings. The summed E-state index contributed by atoms with van der Waals surface area (Å²) in [5.41, 5.74) is 0.473. The van der Waals surface area contributed by atoms with Gasteiger partial charge in [-0.2, -0.15) is 4.31 Å². The van der Waals surface area contributed by atoms with Crippen LogP contribution < -0.4 is 5.32 Å². The van der Waals surface area contributed by atoms with Crippen LogP contribution in [0.1, 0.15) is 50.9 Å². The molecule has 130 valence electrons. The fourth-order valence-corrected chi connectivity index (χ4v) is 3.40. The molecule has 6 heteroatoms. The average Bonchev–Trinajstić information content (AvgIpc) is 2.50. The number of carbonyl (C=O) groups excluding carboxylic acids is 1. The van der Waals surface area contributed by atoms with E-state index in [1.165, 1.54) is 16.4 Å². The first kappa shape index (κ1) is 19.6. The van der Waals surface area contributed by atoms with Crippen LogP contribution in [0.2, 0.25) is 0 Å². The molecule has 1 N–H and O–H groups in total. The molecule has 0 atom stereocenters. The van der Waals surface area contributed by atoms with E-state index in [1.807, 2.05) is 13.8 Å². The summed E-state index contributed by atoms with van der Waals surface area (Å²) in [5.74, 6) is 0.448. The van der Waals surface area contributed by atoms with Gasteiger partial charge in [0.2, 0.25) is 10.0 Å². The molecule has 23 heavy (non-hydrogen) atoms. The molecule has 0 fully saturated rings. The Labute approximate surface area is 140 Å². The van der Waals surface area contributed by atoms with Crippen LogP contribution in [0.3, 0.4) is 0 Å². The van der Waals surface area contributed by atoms with E-state index in [1.54, 1.807) is 19.2 Å². The first-order chi connectivity index (χ1) is 10.7. The van der Waals surface area contributed by atoms with E-state index in [0.29, 0.717) is 18.0 Å². The topological polar surface area (TPSA) is 66.5 Å². The quantitative estimate of drug-likeness (QED) is 0.740. The minimum atomic E-state index is -3.51. The van der Waals surface area contributed by atoms with Gasteiger partial charge in [0.05, 0.1) is 4.90 Å². The van der Waals surface area contributed by atoms with E-state index in [9.17, 15) is 13.2 Å². The Morgan fingerprint density at radius 1 is 1.13 bits per heavy atom. The molecule has 0 aliphatic rings. The standard InChI is InChI=1S/C17H28N2O3S/c1-13(2)7-6-12-18-17(20)15-8-10-16(11-9-15)23(21,22)19(5)14(3)4/h8-11,13-14H,6-7,12H2,1-5H3,(H,18,20). The SMILES string of the molecule is CC(C)CCCNC(=O)c1ccc(S(=O)(=O)N(C)C(C)C)cc1. The lowest BCUT2D eigenvalue weighted by molar-refractivity contribution is 0.0952. The zero-order chi connectivity index (χ0) is 17.6. The van der Waals surface area contributed by atoms with Gasteiger partial charge >= 0.3 is 0 Å². The van der Waals surface area contributed by atoms with Crippen molar-refractivity contribution in [3.63, 3.8) is 0 Å². The first-order valence-electron chi connectivity index (χ1n) is 8.02. The second-order valence-electron chi connectivity index (χ2n) is 6.43. The summed E-state index contributed by atoms with van der Waals surface area (Å²) in [6.07, 6.45) is 2.01. The fourth-order valence-electron chi connectivity index (χ4n) is 2.04. The largest absolute Gasteiger partial charge is 0.352 e. The van der Waals surface area contributed by atoms with E-state index >= 15 is 0 Å². The van der Waals surface area contributed by atoms with Crippen LogP contribution in [-0.4, -0.2) is 38.3 Å². The van der Waals surface area contributed by atoms with Crippen LogP contribution in [0.15, 0.2) is 29.2 Å². The Morgan fingerprint density at radius 3 is 2.17 bits per heavy atom. The van der Waals surface area contributed by atoms with Crippen molar-refractivity contribution >= 4 is 15.9 Å². The molecule has 0 bridgehead atoms. The smallest absolute Gasteiger partial charge is 0.251 e. The molecule has 0 spiro atoms. The molecule has 5 nitrogen and oxygen atoms in total. The molecule has 0 aromatic heterocycles. The summed E-state index contributed by atoms with van der Waals surface area (Å²) in [4.78, 5) is 12.2. The molecule has 0 saturated carbocycles. The van der Waals surface area contributed by atoms with Crippen LogP contribution in [0.25, 0.3) is 0 Å². The predicted molar refractivity (Wildman–Crippen MR) is 92.9 cm³/mol. The molecule has 1 amide bonds. The Balaban J connectivity index is 2.71. The highest BCUT2D eigenvalue weighted by Gasteiger charge is 2.23. The van der Waals surface area contributed by atoms with Crippen molar-refractivity contribution in [3.8, 4) is 0 Å². The highest BCUT2D eigenvalue weighted by Crippen LogP contribution is 2.17. The number of hydrogen-bond acceptors (Lipinski definition) is 3. The summed E-state index contributed by atoms with van der Waals surface area (Å²) in [5, 5.41) is 2.85. The predicted octanol–water partition coefficient (Wildman–Crippen LogP) is 2.88. The third-order valence-corrected chi connectivity index (χ3v) is 5.81. The van der Waals surface area contributed by atoms with Gasteiger partial charge < -0.3 is 5.32 Å². The van der Waals surface area contributed by atoms with Gasteiger partial charge in [-0.3, -0.25) is 4.79 Å². The number of benzene rings is 1. The van der Waals surface area contributed by atoms with Crippen molar-refractivity contribution < 1.29 is 13.2 Å². The van der Waals surface area contributed by atoms with E-state index < -0.39 is 10.0 Å². The number of sulfonamides is 1. The van der Waals surface area contributed by atoms with Crippen LogP contribution in [-0.2, 0) is 10.0 Å². The van der Waals surface area contributed by atoms with Crippen molar-refractivity contribution in [2.75, 3.05) is 13.6 Å². The van der Waals surface area contributed by atoms with Crippen molar-refractivity contribution in [1.82, 2.24) is 9.62 Å². The van der Waals surface area contributed by atoms with E-state index in [-0.39, 0.29) is 16.8 Å².